The highest BCUT2D eigenvalue weighted by atomic mass is 35.5. The summed E-state index contributed by atoms with van der Waals surface area (Å²) in [6.45, 7) is 0. The standard InChI is InChI=1S/C19H13ClN2O2/c1-24-19(23)16-10-14-13-4-2-3-5-15(13)21-18(14)17(22-16)11-6-8-12(20)9-7-11/h2-10,21H,1H3. The first-order valence-corrected chi connectivity index (χ1v) is 7.81. The first-order chi connectivity index (χ1) is 11.7. The number of H-pyrrole nitrogens is 1. The van der Waals surface area contributed by atoms with Crippen LogP contribution in [0, 0.1) is 0 Å². The second-order valence-corrected chi connectivity index (χ2v) is 5.88. The molecule has 0 spiro atoms. The van der Waals surface area contributed by atoms with E-state index in [1.807, 2.05) is 36.4 Å². The van der Waals surface area contributed by atoms with Crippen molar-refractivity contribution in [2.45, 2.75) is 0 Å². The van der Waals surface area contributed by atoms with Gasteiger partial charge in [-0.15, -0.1) is 0 Å². The molecule has 4 nitrogen and oxygen atoms in total. The van der Waals surface area contributed by atoms with E-state index in [2.05, 4.69) is 9.97 Å². The molecule has 0 saturated heterocycles. The molecule has 5 heteroatoms. The highest BCUT2D eigenvalue weighted by molar-refractivity contribution is 6.30. The summed E-state index contributed by atoms with van der Waals surface area (Å²) in [5, 5.41) is 2.62. The number of pyridine rings is 1. The number of ether oxygens (including phenoxy) is 1. The molecule has 118 valence electrons. The van der Waals surface area contributed by atoms with Crippen molar-refractivity contribution in [3.8, 4) is 11.3 Å². The summed E-state index contributed by atoms with van der Waals surface area (Å²) in [5.41, 5.74) is 3.72. The third kappa shape index (κ3) is 2.32. The molecule has 0 aliphatic heterocycles. The second kappa shape index (κ2) is 5.65. The van der Waals surface area contributed by atoms with Gasteiger partial charge in [-0.3, -0.25) is 0 Å². The lowest BCUT2D eigenvalue weighted by atomic mass is 10.1. The van der Waals surface area contributed by atoms with E-state index in [9.17, 15) is 4.79 Å². The van der Waals surface area contributed by atoms with Gasteiger partial charge < -0.3 is 9.72 Å². The maximum absolute atomic E-state index is 12.0. The van der Waals surface area contributed by atoms with Crippen molar-refractivity contribution >= 4 is 39.4 Å². The van der Waals surface area contributed by atoms with E-state index < -0.39 is 5.97 Å². The van der Waals surface area contributed by atoms with Gasteiger partial charge >= 0.3 is 5.97 Å². The highest BCUT2D eigenvalue weighted by Gasteiger charge is 2.17. The van der Waals surface area contributed by atoms with E-state index in [1.165, 1.54) is 7.11 Å². The molecule has 4 aromatic rings. The monoisotopic (exact) mass is 336 g/mol. The molecule has 0 radical (unpaired) electrons. The van der Waals surface area contributed by atoms with E-state index in [-0.39, 0.29) is 5.69 Å². The summed E-state index contributed by atoms with van der Waals surface area (Å²) >= 11 is 5.98. The maximum Gasteiger partial charge on any atom is 0.356 e. The van der Waals surface area contributed by atoms with Crippen LogP contribution in [0.5, 0.6) is 0 Å². The molecule has 2 heterocycles. The lowest BCUT2D eigenvalue weighted by Gasteiger charge is -2.06. The van der Waals surface area contributed by atoms with Crippen molar-refractivity contribution in [2.24, 2.45) is 0 Å². The third-order valence-electron chi connectivity index (χ3n) is 4.01. The van der Waals surface area contributed by atoms with Crippen LogP contribution in [0.3, 0.4) is 0 Å². The van der Waals surface area contributed by atoms with Crippen LogP contribution in [0.25, 0.3) is 33.1 Å². The zero-order chi connectivity index (χ0) is 16.7. The van der Waals surface area contributed by atoms with Crippen LogP contribution in [0.1, 0.15) is 10.5 Å². The number of nitrogens with one attached hydrogen (secondary N) is 1. The first-order valence-electron chi connectivity index (χ1n) is 7.43. The summed E-state index contributed by atoms with van der Waals surface area (Å²) in [7, 11) is 1.35. The molecule has 2 aromatic heterocycles. The Morgan fingerprint density at radius 2 is 1.83 bits per heavy atom. The average molecular weight is 337 g/mol. The predicted molar refractivity (Wildman–Crippen MR) is 95.4 cm³/mol. The van der Waals surface area contributed by atoms with E-state index in [1.54, 1.807) is 18.2 Å². The number of para-hydroxylation sites is 1. The second-order valence-electron chi connectivity index (χ2n) is 5.45. The fourth-order valence-corrected chi connectivity index (χ4v) is 3.00. The third-order valence-corrected chi connectivity index (χ3v) is 4.26. The minimum absolute atomic E-state index is 0.278. The van der Waals surface area contributed by atoms with Gasteiger partial charge in [0.05, 0.1) is 18.3 Å². The largest absolute Gasteiger partial charge is 0.464 e. The van der Waals surface area contributed by atoms with Gasteiger partial charge in [-0.1, -0.05) is 41.9 Å². The Bertz CT molecular complexity index is 1070. The Morgan fingerprint density at radius 1 is 1.08 bits per heavy atom. The number of carbonyl (C=O) groups is 1. The number of aromatic nitrogens is 2. The van der Waals surface area contributed by atoms with Gasteiger partial charge in [0.2, 0.25) is 0 Å². The van der Waals surface area contributed by atoms with Gasteiger partial charge in [0, 0.05) is 26.9 Å². The lowest BCUT2D eigenvalue weighted by Crippen LogP contribution is -2.05. The molecule has 0 aliphatic carbocycles. The minimum atomic E-state index is -0.461. The minimum Gasteiger partial charge on any atom is -0.464 e. The molecule has 0 fully saturated rings. The summed E-state index contributed by atoms with van der Waals surface area (Å²) in [4.78, 5) is 20.0. The molecule has 2 aromatic carbocycles. The van der Waals surface area contributed by atoms with Crippen molar-refractivity contribution in [1.29, 1.82) is 0 Å². The molecule has 1 N–H and O–H groups in total. The Morgan fingerprint density at radius 3 is 2.58 bits per heavy atom. The average Bonchev–Trinajstić information content (AvgIpc) is 2.99. The molecule has 0 saturated carbocycles. The molecule has 0 bridgehead atoms. The number of aromatic amines is 1. The van der Waals surface area contributed by atoms with Crippen molar-refractivity contribution in [2.75, 3.05) is 7.11 Å². The van der Waals surface area contributed by atoms with Crippen LogP contribution in [-0.2, 0) is 4.74 Å². The van der Waals surface area contributed by atoms with Gasteiger partial charge in [-0.25, -0.2) is 9.78 Å². The quantitative estimate of drug-likeness (QED) is 0.534. The van der Waals surface area contributed by atoms with Crippen LogP contribution < -0.4 is 0 Å². The van der Waals surface area contributed by atoms with Gasteiger partial charge in [0.15, 0.2) is 0 Å². The normalized spacial score (nSPS) is 11.1. The zero-order valence-corrected chi connectivity index (χ0v) is 13.6. The van der Waals surface area contributed by atoms with E-state index in [4.69, 9.17) is 16.3 Å². The Kier molecular flexibility index (Phi) is 3.47. The van der Waals surface area contributed by atoms with E-state index in [0.717, 1.165) is 27.4 Å². The molecule has 24 heavy (non-hydrogen) atoms. The number of halogens is 1. The van der Waals surface area contributed by atoms with E-state index >= 15 is 0 Å². The van der Waals surface area contributed by atoms with Crippen molar-refractivity contribution in [1.82, 2.24) is 9.97 Å². The van der Waals surface area contributed by atoms with Gasteiger partial charge in [-0.05, 0) is 24.3 Å². The number of hydrogen-bond donors (Lipinski definition) is 1. The van der Waals surface area contributed by atoms with Crippen LogP contribution in [0.4, 0.5) is 0 Å². The van der Waals surface area contributed by atoms with Crippen molar-refractivity contribution < 1.29 is 9.53 Å². The number of fused-ring (bicyclic) bond motifs is 3. The molecule has 0 unspecified atom stereocenters. The number of esters is 1. The lowest BCUT2D eigenvalue weighted by molar-refractivity contribution is 0.0594. The first kappa shape index (κ1) is 14.7. The number of benzene rings is 2. The van der Waals surface area contributed by atoms with Crippen LogP contribution in [-0.4, -0.2) is 23.0 Å². The number of methoxy groups -OCH3 is 1. The number of carbonyl (C=O) groups excluding carboxylic acids is 1. The summed E-state index contributed by atoms with van der Waals surface area (Å²) in [6.07, 6.45) is 0. The number of nitrogens with zero attached hydrogens (tertiary/aromatic N) is 1. The van der Waals surface area contributed by atoms with E-state index in [0.29, 0.717) is 10.7 Å². The Labute approximate surface area is 143 Å². The summed E-state index contributed by atoms with van der Waals surface area (Å²) < 4.78 is 4.85. The number of rotatable bonds is 2. The molecule has 0 atom stereocenters. The Balaban J connectivity index is 2.09. The molecule has 0 aliphatic rings. The highest BCUT2D eigenvalue weighted by Crippen LogP contribution is 2.33. The number of hydrogen-bond acceptors (Lipinski definition) is 3. The topological polar surface area (TPSA) is 55.0 Å². The maximum atomic E-state index is 12.0. The van der Waals surface area contributed by atoms with Crippen molar-refractivity contribution in [3.63, 3.8) is 0 Å². The summed E-state index contributed by atoms with van der Waals surface area (Å²) in [6, 6.07) is 17.1. The van der Waals surface area contributed by atoms with Crippen LogP contribution >= 0.6 is 11.6 Å². The fraction of sp³-hybridized carbons (Fsp3) is 0.0526. The van der Waals surface area contributed by atoms with Gasteiger partial charge in [0.25, 0.3) is 0 Å². The fourth-order valence-electron chi connectivity index (χ4n) is 2.87. The van der Waals surface area contributed by atoms with Gasteiger partial charge in [-0.2, -0.15) is 0 Å². The molecule has 4 rings (SSSR count). The molecular formula is C19H13ClN2O2. The van der Waals surface area contributed by atoms with Crippen molar-refractivity contribution in [3.05, 3.63) is 65.3 Å². The summed E-state index contributed by atoms with van der Waals surface area (Å²) in [5.74, 6) is -0.461. The van der Waals surface area contributed by atoms with Crippen LogP contribution in [0.15, 0.2) is 54.6 Å². The smallest absolute Gasteiger partial charge is 0.356 e. The zero-order valence-electron chi connectivity index (χ0n) is 12.8. The predicted octanol–water partition coefficient (Wildman–Crippen LogP) is 4.82. The SMILES string of the molecule is COC(=O)c1cc2c([nH]c3ccccc32)c(-c2ccc(Cl)cc2)n1. The Hall–Kier alpha value is -2.85. The molecule has 0 amide bonds. The van der Waals surface area contributed by atoms with Crippen LogP contribution in [0.2, 0.25) is 5.02 Å². The molecular weight excluding hydrogens is 324 g/mol. The van der Waals surface area contributed by atoms with Gasteiger partial charge in [0.1, 0.15) is 5.69 Å².